The third-order valence-corrected chi connectivity index (χ3v) is 4.36. The van der Waals surface area contributed by atoms with Gasteiger partial charge in [0.2, 0.25) is 5.91 Å². The van der Waals surface area contributed by atoms with Crippen LogP contribution in [0.25, 0.3) is 0 Å². The number of aryl methyl sites for hydroxylation is 1. The molecule has 2 aromatic rings. The molecule has 0 atom stereocenters. The van der Waals surface area contributed by atoms with Crippen molar-refractivity contribution in [2.45, 2.75) is 18.7 Å². The van der Waals surface area contributed by atoms with Crippen molar-refractivity contribution in [3.63, 3.8) is 0 Å². The minimum atomic E-state index is -3.65. The molecule has 0 saturated carbocycles. The first-order chi connectivity index (χ1) is 9.88. The molecule has 0 aliphatic carbocycles. The summed E-state index contributed by atoms with van der Waals surface area (Å²) in [6, 6.07) is 13.3. The number of hydrogen-bond donors (Lipinski definition) is 2. The molecule has 0 aromatic heterocycles. The van der Waals surface area contributed by atoms with E-state index in [0.29, 0.717) is 16.9 Å². The normalized spacial score (nSPS) is 11.0. The maximum atomic E-state index is 12.4. The van der Waals surface area contributed by atoms with Gasteiger partial charge >= 0.3 is 0 Å². The standard InChI is InChI=1S/C15H16N2O3S/c1-11-6-3-4-9-15(11)21(19,20)17-14-8-5-7-13(10-14)16-12(2)18/h3-10,17H,1-2H3,(H,16,18). The number of carbonyl (C=O) groups is 1. The maximum Gasteiger partial charge on any atom is 0.262 e. The van der Waals surface area contributed by atoms with Crippen LogP contribution in [0.5, 0.6) is 0 Å². The van der Waals surface area contributed by atoms with Gasteiger partial charge in [0.1, 0.15) is 0 Å². The highest BCUT2D eigenvalue weighted by atomic mass is 32.2. The van der Waals surface area contributed by atoms with Crippen molar-refractivity contribution in [2.75, 3.05) is 10.0 Å². The van der Waals surface area contributed by atoms with E-state index in [1.54, 1.807) is 55.5 Å². The van der Waals surface area contributed by atoms with E-state index in [1.807, 2.05) is 0 Å². The van der Waals surface area contributed by atoms with Crippen LogP contribution in [0.15, 0.2) is 53.4 Å². The van der Waals surface area contributed by atoms with Crippen LogP contribution >= 0.6 is 0 Å². The summed E-state index contributed by atoms with van der Waals surface area (Å²) in [6.45, 7) is 3.13. The monoisotopic (exact) mass is 304 g/mol. The summed E-state index contributed by atoms with van der Waals surface area (Å²) >= 11 is 0. The highest BCUT2D eigenvalue weighted by molar-refractivity contribution is 7.92. The first kappa shape index (κ1) is 15.1. The molecule has 5 nitrogen and oxygen atoms in total. The molecule has 110 valence electrons. The van der Waals surface area contributed by atoms with Gasteiger partial charge in [-0.3, -0.25) is 9.52 Å². The Morgan fingerprint density at radius 3 is 2.33 bits per heavy atom. The maximum absolute atomic E-state index is 12.4. The van der Waals surface area contributed by atoms with Crippen LogP contribution in [0.4, 0.5) is 11.4 Å². The van der Waals surface area contributed by atoms with E-state index in [-0.39, 0.29) is 10.8 Å². The van der Waals surface area contributed by atoms with E-state index in [2.05, 4.69) is 10.0 Å². The summed E-state index contributed by atoms with van der Waals surface area (Å²) in [6.07, 6.45) is 0. The lowest BCUT2D eigenvalue weighted by Crippen LogP contribution is -2.14. The second-order valence-corrected chi connectivity index (χ2v) is 6.28. The van der Waals surface area contributed by atoms with Crippen LogP contribution in [0, 0.1) is 6.92 Å². The van der Waals surface area contributed by atoms with Crippen molar-refractivity contribution in [1.29, 1.82) is 0 Å². The van der Waals surface area contributed by atoms with E-state index >= 15 is 0 Å². The molecule has 0 fully saturated rings. The average molecular weight is 304 g/mol. The summed E-state index contributed by atoms with van der Waals surface area (Å²) in [4.78, 5) is 11.3. The molecule has 0 aliphatic heterocycles. The summed E-state index contributed by atoms with van der Waals surface area (Å²) in [7, 11) is -3.65. The predicted molar refractivity (Wildman–Crippen MR) is 82.7 cm³/mol. The van der Waals surface area contributed by atoms with Gasteiger partial charge in [-0.15, -0.1) is 0 Å². The van der Waals surface area contributed by atoms with Crippen molar-refractivity contribution in [3.05, 3.63) is 54.1 Å². The number of nitrogens with one attached hydrogen (secondary N) is 2. The predicted octanol–water partition coefficient (Wildman–Crippen LogP) is 2.75. The van der Waals surface area contributed by atoms with Crippen molar-refractivity contribution in [3.8, 4) is 0 Å². The Balaban J connectivity index is 2.29. The Kier molecular flexibility index (Phi) is 4.28. The van der Waals surface area contributed by atoms with Crippen molar-refractivity contribution in [1.82, 2.24) is 0 Å². The lowest BCUT2D eigenvalue weighted by atomic mass is 10.2. The first-order valence-electron chi connectivity index (χ1n) is 6.34. The Labute approximate surface area is 124 Å². The minimum Gasteiger partial charge on any atom is -0.326 e. The van der Waals surface area contributed by atoms with Crippen LogP contribution in [-0.4, -0.2) is 14.3 Å². The van der Waals surface area contributed by atoms with Crippen LogP contribution in [0.2, 0.25) is 0 Å². The van der Waals surface area contributed by atoms with Crippen LogP contribution in [0.3, 0.4) is 0 Å². The average Bonchev–Trinajstić information content (AvgIpc) is 2.38. The largest absolute Gasteiger partial charge is 0.326 e. The molecule has 6 heteroatoms. The second kappa shape index (κ2) is 5.97. The summed E-state index contributed by atoms with van der Waals surface area (Å²) in [5.41, 5.74) is 1.60. The Morgan fingerprint density at radius 2 is 1.67 bits per heavy atom. The fourth-order valence-electron chi connectivity index (χ4n) is 1.93. The molecule has 2 N–H and O–H groups in total. The molecule has 0 radical (unpaired) electrons. The van der Waals surface area contributed by atoms with Crippen molar-refractivity contribution < 1.29 is 13.2 Å². The van der Waals surface area contributed by atoms with Crippen molar-refractivity contribution >= 4 is 27.3 Å². The zero-order valence-corrected chi connectivity index (χ0v) is 12.6. The van der Waals surface area contributed by atoms with Gasteiger partial charge in [0.25, 0.3) is 10.0 Å². The van der Waals surface area contributed by atoms with Gasteiger partial charge in [-0.25, -0.2) is 8.42 Å². The SMILES string of the molecule is CC(=O)Nc1cccc(NS(=O)(=O)c2ccccc2C)c1. The highest BCUT2D eigenvalue weighted by Crippen LogP contribution is 2.21. The van der Waals surface area contributed by atoms with E-state index in [1.165, 1.54) is 6.92 Å². The molecule has 0 spiro atoms. The number of hydrogen-bond acceptors (Lipinski definition) is 3. The quantitative estimate of drug-likeness (QED) is 0.912. The third-order valence-electron chi connectivity index (χ3n) is 2.82. The van der Waals surface area contributed by atoms with Crippen LogP contribution < -0.4 is 10.0 Å². The lowest BCUT2D eigenvalue weighted by Gasteiger charge is -2.11. The number of benzene rings is 2. The minimum absolute atomic E-state index is 0.214. The van der Waals surface area contributed by atoms with Crippen LogP contribution in [-0.2, 0) is 14.8 Å². The number of sulfonamides is 1. The zero-order chi connectivity index (χ0) is 15.5. The number of rotatable bonds is 4. The third kappa shape index (κ3) is 3.82. The molecular formula is C15H16N2O3S. The van der Waals surface area contributed by atoms with Crippen molar-refractivity contribution in [2.24, 2.45) is 0 Å². The molecule has 0 bridgehead atoms. The number of anilines is 2. The molecule has 21 heavy (non-hydrogen) atoms. The van der Waals surface area contributed by atoms with Gasteiger partial charge in [-0.1, -0.05) is 24.3 Å². The molecule has 2 aromatic carbocycles. The smallest absolute Gasteiger partial charge is 0.262 e. The molecule has 1 amide bonds. The fourth-order valence-corrected chi connectivity index (χ4v) is 3.23. The topological polar surface area (TPSA) is 75.3 Å². The van der Waals surface area contributed by atoms with E-state index in [4.69, 9.17) is 0 Å². The second-order valence-electron chi connectivity index (χ2n) is 4.63. The van der Waals surface area contributed by atoms with E-state index in [0.717, 1.165) is 0 Å². The van der Waals surface area contributed by atoms with E-state index in [9.17, 15) is 13.2 Å². The Morgan fingerprint density at radius 1 is 1.00 bits per heavy atom. The van der Waals surface area contributed by atoms with Gasteiger partial charge in [0.15, 0.2) is 0 Å². The summed E-state index contributed by atoms with van der Waals surface area (Å²) in [5.74, 6) is -0.214. The molecule has 2 rings (SSSR count). The van der Waals surface area contributed by atoms with Gasteiger partial charge in [0, 0.05) is 12.6 Å². The van der Waals surface area contributed by atoms with Gasteiger partial charge in [-0.05, 0) is 36.8 Å². The molecule has 0 unspecified atom stereocenters. The molecular weight excluding hydrogens is 288 g/mol. The number of carbonyl (C=O) groups excluding carboxylic acids is 1. The zero-order valence-electron chi connectivity index (χ0n) is 11.8. The molecule has 0 heterocycles. The highest BCUT2D eigenvalue weighted by Gasteiger charge is 2.16. The van der Waals surface area contributed by atoms with Gasteiger partial charge in [-0.2, -0.15) is 0 Å². The lowest BCUT2D eigenvalue weighted by molar-refractivity contribution is -0.114. The summed E-state index contributed by atoms with van der Waals surface area (Å²) in [5, 5.41) is 2.61. The van der Waals surface area contributed by atoms with Gasteiger partial charge in [0.05, 0.1) is 10.6 Å². The summed E-state index contributed by atoms with van der Waals surface area (Å²) < 4.78 is 27.2. The fraction of sp³-hybridized carbons (Fsp3) is 0.133. The molecule has 0 saturated heterocycles. The van der Waals surface area contributed by atoms with E-state index < -0.39 is 10.0 Å². The Bertz CT molecular complexity index is 770. The Hall–Kier alpha value is -2.34. The van der Waals surface area contributed by atoms with Crippen LogP contribution in [0.1, 0.15) is 12.5 Å². The first-order valence-corrected chi connectivity index (χ1v) is 7.83. The number of amides is 1. The molecule has 0 aliphatic rings. The van der Waals surface area contributed by atoms with Gasteiger partial charge < -0.3 is 5.32 Å².